The van der Waals surface area contributed by atoms with Gasteiger partial charge >= 0.3 is 6.09 Å². The summed E-state index contributed by atoms with van der Waals surface area (Å²) >= 11 is 6.58. The summed E-state index contributed by atoms with van der Waals surface area (Å²) in [6, 6.07) is 7.46. The van der Waals surface area contributed by atoms with Crippen LogP contribution in [0.4, 0.5) is 22.0 Å². The molecule has 3 aromatic heterocycles. The number of aromatic nitrogens is 5. The van der Waals surface area contributed by atoms with E-state index in [9.17, 15) is 4.79 Å². The van der Waals surface area contributed by atoms with Gasteiger partial charge in [-0.15, -0.1) is 0 Å². The van der Waals surface area contributed by atoms with Gasteiger partial charge in [0.25, 0.3) is 0 Å². The quantitative estimate of drug-likeness (QED) is 0.301. The van der Waals surface area contributed by atoms with Crippen LogP contribution in [-0.4, -0.2) is 36.2 Å². The lowest BCUT2D eigenvalue weighted by atomic mass is 10.1. The molecule has 4 aromatic rings. The van der Waals surface area contributed by atoms with Crippen LogP contribution >= 0.6 is 11.6 Å². The summed E-state index contributed by atoms with van der Waals surface area (Å²) in [5, 5.41) is 15.1. The van der Waals surface area contributed by atoms with Gasteiger partial charge in [0.2, 0.25) is 0 Å². The summed E-state index contributed by atoms with van der Waals surface area (Å²) in [7, 11) is 3.73. The monoisotopic (exact) mass is 519 g/mol. The number of carbonyl (C=O) groups excluding carboxylic acids is 1. The van der Waals surface area contributed by atoms with Crippen LogP contribution < -0.4 is 10.6 Å². The summed E-state index contributed by atoms with van der Waals surface area (Å²) in [6.45, 7) is 7.42. The fourth-order valence-electron chi connectivity index (χ4n) is 3.62. The molecule has 1 amide bonds. The minimum atomic E-state index is -0.636. The molecule has 3 heterocycles. The van der Waals surface area contributed by atoms with E-state index in [-0.39, 0.29) is 0 Å². The maximum absolute atomic E-state index is 12.6. The molecular weight excluding hydrogens is 490 g/mol. The fourth-order valence-corrected chi connectivity index (χ4v) is 3.84. The zero-order chi connectivity index (χ0) is 26.7. The molecule has 0 spiro atoms. The Labute approximate surface area is 221 Å². The molecule has 0 unspecified atom stereocenters. The number of halogens is 1. The molecule has 9 nitrogen and oxygen atoms in total. The van der Waals surface area contributed by atoms with E-state index in [1.807, 2.05) is 78.5 Å². The van der Waals surface area contributed by atoms with Gasteiger partial charge in [0.1, 0.15) is 11.4 Å². The Hall–Kier alpha value is -4.11. The Morgan fingerprint density at radius 1 is 1.00 bits per heavy atom. The molecule has 0 aliphatic rings. The number of anilines is 3. The van der Waals surface area contributed by atoms with Crippen molar-refractivity contribution in [2.45, 2.75) is 33.3 Å². The maximum Gasteiger partial charge on any atom is 0.412 e. The Balaban J connectivity index is 1.63. The Morgan fingerprint density at radius 2 is 1.73 bits per heavy atom. The van der Waals surface area contributed by atoms with Crippen molar-refractivity contribution in [3.8, 4) is 11.1 Å². The molecule has 37 heavy (non-hydrogen) atoms. The zero-order valence-corrected chi connectivity index (χ0v) is 22.5. The molecule has 0 bridgehead atoms. The van der Waals surface area contributed by atoms with Gasteiger partial charge in [-0.05, 0) is 57.0 Å². The molecule has 0 saturated heterocycles. The van der Waals surface area contributed by atoms with E-state index in [0.717, 1.165) is 27.8 Å². The highest BCUT2D eigenvalue weighted by Gasteiger charge is 2.18. The number of pyridine rings is 1. The summed E-state index contributed by atoms with van der Waals surface area (Å²) in [5.41, 5.74) is 5.16. The lowest BCUT2D eigenvalue weighted by Crippen LogP contribution is -2.27. The third-order valence-corrected chi connectivity index (χ3v) is 5.69. The number of amides is 1. The van der Waals surface area contributed by atoms with Crippen LogP contribution in [0.3, 0.4) is 0 Å². The SMILES string of the molecule is CC(=Cc1cnc(Nc2ccc(-c3cnn(C)c3)cc2Cl)cc1NC(=O)OC(C)(C)C)c1cnn(C)c1. The summed E-state index contributed by atoms with van der Waals surface area (Å²) in [4.78, 5) is 17.2. The maximum atomic E-state index is 12.6. The highest BCUT2D eigenvalue weighted by atomic mass is 35.5. The molecule has 10 heteroatoms. The van der Waals surface area contributed by atoms with Gasteiger partial charge in [0, 0.05) is 55.4 Å². The number of allylic oxidation sites excluding steroid dienone is 1. The first kappa shape index (κ1) is 26.0. The lowest BCUT2D eigenvalue weighted by molar-refractivity contribution is 0.0636. The van der Waals surface area contributed by atoms with Gasteiger partial charge < -0.3 is 10.1 Å². The van der Waals surface area contributed by atoms with Gasteiger partial charge in [-0.25, -0.2) is 9.78 Å². The number of carbonyl (C=O) groups is 1. The topological polar surface area (TPSA) is 98.9 Å². The Morgan fingerprint density at radius 3 is 2.35 bits per heavy atom. The van der Waals surface area contributed by atoms with E-state index in [0.29, 0.717) is 22.2 Å². The van der Waals surface area contributed by atoms with Crippen molar-refractivity contribution >= 4 is 46.5 Å². The number of hydrogen-bond donors (Lipinski definition) is 2. The van der Waals surface area contributed by atoms with Crippen molar-refractivity contribution < 1.29 is 9.53 Å². The standard InChI is InChI=1S/C27H30ClN7O2/c1-17(20-13-30-34(5)15-20)9-19-12-29-25(11-24(19)33-26(36)37-27(2,3)4)32-23-8-7-18(10-22(23)28)21-14-31-35(6)16-21/h7-16H,1-6H3,(H2,29,32,33,36). The number of aryl methyl sites for hydroxylation is 2. The average molecular weight is 520 g/mol. The Bertz CT molecular complexity index is 1460. The van der Waals surface area contributed by atoms with Crippen LogP contribution in [0.2, 0.25) is 5.02 Å². The van der Waals surface area contributed by atoms with Crippen LogP contribution in [0.15, 0.2) is 55.2 Å². The predicted octanol–water partition coefficient (Wildman–Crippen LogP) is 6.52. The predicted molar refractivity (Wildman–Crippen MR) is 148 cm³/mol. The molecule has 0 fully saturated rings. The second kappa shape index (κ2) is 10.5. The number of nitrogens with one attached hydrogen (secondary N) is 2. The van der Waals surface area contributed by atoms with Crippen LogP contribution in [0.25, 0.3) is 22.8 Å². The first-order valence-electron chi connectivity index (χ1n) is 11.7. The first-order valence-corrected chi connectivity index (χ1v) is 12.1. The van der Waals surface area contributed by atoms with Crippen molar-refractivity contribution in [1.82, 2.24) is 24.5 Å². The molecule has 2 N–H and O–H groups in total. The average Bonchev–Trinajstić information content (AvgIpc) is 3.44. The molecular formula is C27H30ClN7O2. The number of nitrogens with zero attached hydrogens (tertiary/aromatic N) is 5. The van der Waals surface area contributed by atoms with Crippen LogP contribution in [0, 0.1) is 0 Å². The van der Waals surface area contributed by atoms with Gasteiger partial charge in [-0.2, -0.15) is 10.2 Å². The van der Waals surface area contributed by atoms with E-state index < -0.39 is 11.7 Å². The number of hydrogen-bond acceptors (Lipinski definition) is 6. The van der Waals surface area contributed by atoms with E-state index in [1.165, 1.54) is 0 Å². The molecule has 1 aromatic carbocycles. The summed E-state index contributed by atoms with van der Waals surface area (Å²) in [5.74, 6) is 0.512. The molecule has 0 aliphatic carbocycles. The highest BCUT2D eigenvalue weighted by molar-refractivity contribution is 6.33. The van der Waals surface area contributed by atoms with Gasteiger partial charge in [-0.3, -0.25) is 14.7 Å². The van der Waals surface area contributed by atoms with E-state index in [4.69, 9.17) is 16.3 Å². The van der Waals surface area contributed by atoms with E-state index in [2.05, 4.69) is 25.8 Å². The van der Waals surface area contributed by atoms with E-state index >= 15 is 0 Å². The van der Waals surface area contributed by atoms with Gasteiger partial charge in [-0.1, -0.05) is 17.7 Å². The summed E-state index contributed by atoms with van der Waals surface area (Å²) < 4.78 is 8.95. The second-order valence-electron chi connectivity index (χ2n) is 9.74. The van der Waals surface area contributed by atoms with Crippen molar-refractivity contribution in [2.75, 3.05) is 10.6 Å². The normalized spacial score (nSPS) is 11.9. The van der Waals surface area contributed by atoms with Crippen LogP contribution in [0.1, 0.15) is 38.8 Å². The fraction of sp³-hybridized carbons (Fsp3) is 0.259. The summed E-state index contributed by atoms with van der Waals surface area (Å²) in [6.07, 6.45) is 10.5. The van der Waals surface area contributed by atoms with Crippen molar-refractivity contribution in [3.63, 3.8) is 0 Å². The minimum Gasteiger partial charge on any atom is -0.444 e. The second-order valence-corrected chi connectivity index (χ2v) is 10.1. The Kier molecular flexibility index (Phi) is 7.35. The van der Waals surface area contributed by atoms with E-state index in [1.54, 1.807) is 34.0 Å². The number of benzene rings is 1. The van der Waals surface area contributed by atoms with Gasteiger partial charge in [0.05, 0.1) is 28.8 Å². The van der Waals surface area contributed by atoms with Crippen molar-refractivity contribution in [1.29, 1.82) is 0 Å². The number of rotatable bonds is 6. The largest absolute Gasteiger partial charge is 0.444 e. The molecule has 0 aliphatic heterocycles. The highest BCUT2D eigenvalue weighted by Crippen LogP contribution is 2.32. The van der Waals surface area contributed by atoms with Crippen molar-refractivity contribution in [2.24, 2.45) is 14.1 Å². The first-order chi connectivity index (χ1) is 17.5. The molecule has 192 valence electrons. The minimum absolute atomic E-state index is 0.512. The third kappa shape index (κ3) is 6.77. The van der Waals surface area contributed by atoms with Crippen LogP contribution in [0.5, 0.6) is 0 Å². The smallest absolute Gasteiger partial charge is 0.412 e. The molecule has 0 radical (unpaired) electrons. The van der Waals surface area contributed by atoms with Crippen molar-refractivity contribution in [3.05, 3.63) is 71.4 Å². The molecule has 0 atom stereocenters. The number of ether oxygens (including phenoxy) is 1. The van der Waals surface area contributed by atoms with Crippen LogP contribution in [-0.2, 0) is 18.8 Å². The molecule has 0 saturated carbocycles. The molecule has 4 rings (SSSR count). The lowest BCUT2D eigenvalue weighted by Gasteiger charge is -2.20. The van der Waals surface area contributed by atoms with Gasteiger partial charge in [0.15, 0.2) is 0 Å². The zero-order valence-electron chi connectivity index (χ0n) is 21.7. The third-order valence-electron chi connectivity index (χ3n) is 5.37.